The van der Waals surface area contributed by atoms with Gasteiger partial charge in [-0.3, -0.25) is 4.79 Å². The first-order chi connectivity index (χ1) is 13.8. The van der Waals surface area contributed by atoms with Crippen LogP contribution in [0.2, 0.25) is 0 Å². The monoisotopic (exact) mass is 434 g/mol. The third kappa shape index (κ3) is 4.51. The van der Waals surface area contributed by atoms with E-state index in [-0.39, 0.29) is 17.2 Å². The number of sulfone groups is 1. The first-order valence-electron chi connectivity index (χ1n) is 8.88. The number of amides is 1. The number of methoxy groups -OCH3 is 2. The fourth-order valence-electron chi connectivity index (χ4n) is 2.96. The summed E-state index contributed by atoms with van der Waals surface area (Å²) < 4.78 is 36.7. The van der Waals surface area contributed by atoms with E-state index in [1.165, 1.54) is 23.5 Å². The van der Waals surface area contributed by atoms with Crippen molar-refractivity contribution < 1.29 is 22.7 Å². The van der Waals surface area contributed by atoms with Gasteiger partial charge in [0.1, 0.15) is 0 Å². The molecule has 0 aliphatic carbocycles. The number of fused-ring (bicyclic) bond motifs is 1. The van der Waals surface area contributed by atoms with Gasteiger partial charge in [-0.25, -0.2) is 8.42 Å². The van der Waals surface area contributed by atoms with Crippen LogP contribution >= 0.6 is 11.3 Å². The number of rotatable bonds is 6. The lowest BCUT2D eigenvalue weighted by molar-refractivity contribution is -0.117. The van der Waals surface area contributed by atoms with Crippen LogP contribution in [-0.2, 0) is 27.6 Å². The summed E-state index contributed by atoms with van der Waals surface area (Å²) in [6.45, 7) is 2.63. The van der Waals surface area contributed by atoms with Gasteiger partial charge in [0.15, 0.2) is 26.1 Å². The van der Waals surface area contributed by atoms with Crippen molar-refractivity contribution >= 4 is 37.3 Å². The minimum atomic E-state index is -3.26. The smallest absolute Gasteiger partial charge is 0.252 e. The summed E-state index contributed by atoms with van der Waals surface area (Å²) in [5.41, 5.74) is 1.62. The summed E-state index contributed by atoms with van der Waals surface area (Å²) in [7, 11) is -0.105. The van der Waals surface area contributed by atoms with Crippen molar-refractivity contribution in [1.29, 1.82) is 0 Å². The molecule has 3 rings (SSSR count). The van der Waals surface area contributed by atoms with Crippen molar-refractivity contribution in [1.82, 2.24) is 4.57 Å². The number of nitrogens with zero attached hydrogens (tertiary/aromatic N) is 2. The van der Waals surface area contributed by atoms with E-state index < -0.39 is 9.84 Å². The Kier molecular flexibility index (Phi) is 6.09. The number of hydrogen-bond donors (Lipinski definition) is 0. The summed E-state index contributed by atoms with van der Waals surface area (Å²) in [6.07, 6.45) is 1.24. The van der Waals surface area contributed by atoms with E-state index in [2.05, 4.69) is 4.99 Å². The molecule has 0 saturated heterocycles. The predicted molar refractivity (Wildman–Crippen MR) is 112 cm³/mol. The van der Waals surface area contributed by atoms with Gasteiger partial charge in [-0.05, 0) is 24.6 Å². The van der Waals surface area contributed by atoms with Crippen LogP contribution < -0.4 is 14.3 Å². The molecule has 0 bridgehead atoms. The van der Waals surface area contributed by atoms with E-state index in [1.54, 1.807) is 26.4 Å². The molecule has 1 aromatic heterocycles. The highest BCUT2D eigenvalue weighted by molar-refractivity contribution is 7.90. The first-order valence-corrected chi connectivity index (χ1v) is 11.6. The lowest BCUT2D eigenvalue weighted by atomic mass is 10.1. The number of ether oxygens (including phenoxy) is 2. The molecule has 0 spiro atoms. The number of carbonyl (C=O) groups excluding carboxylic acids is 1. The molecule has 1 amide bonds. The second kappa shape index (κ2) is 8.38. The zero-order chi connectivity index (χ0) is 21.2. The van der Waals surface area contributed by atoms with Crippen molar-refractivity contribution in [2.45, 2.75) is 24.8 Å². The minimum absolute atomic E-state index is 0.0919. The molecule has 0 radical (unpaired) electrons. The molecule has 154 valence electrons. The SMILES string of the molecule is CCn1c(=NC(=O)Cc2ccc(S(C)(=O)=O)cc2)sc2cc(OC)c(OC)cc21. The van der Waals surface area contributed by atoms with Gasteiger partial charge in [-0.2, -0.15) is 4.99 Å². The highest BCUT2D eigenvalue weighted by Crippen LogP contribution is 2.33. The second-order valence-electron chi connectivity index (χ2n) is 6.40. The molecule has 0 saturated carbocycles. The zero-order valence-electron chi connectivity index (χ0n) is 16.6. The number of thiazole rings is 1. The summed E-state index contributed by atoms with van der Waals surface area (Å²) in [5, 5.41) is 0. The highest BCUT2D eigenvalue weighted by atomic mass is 32.2. The molecule has 0 atom stereocenters. The van der Waals surface area contributed by atoms with Crippen LogP contribution in [0.25, 0.3) is 10.2 Å². The molecule has 7 nitrogen and oxygen atoms in total. The lowest BCUT2D eigenvalue weighted by Gasteiger charge is -2.08. The maximum atomic E-state index is 12.5. The second-order valence-corrected chi connectivity index (χ2v) is 9.43. The molecule has 0 unspecified atom stereocenters. The fourth-order valence-corrected chi connectivity index (χ4v) is 4.71. The van der Waals surface area contributed by atoms with Gasteiger partial charge in [0.25, 0.3) is 5.91 Å². The Morgan fingerprint density at radius 1 is 1.10 bits per heavy atom. The fraction of sp³-hybridized carbons (Fsp3) is 0.300. The molecule has 29 heavy (non-hydrogen) atoms. The highest BCUT2D eigenvalue weighted by Gasteiger charge is 2.13. The maximum absolute atomic E-state index is 12.5. The number of benzene rings is 2. The van der Waals surface area contributed by atoms with Gasteiger partial charge >= 0.3 is 0 Å². The lowest BCUT2D eigenvalue weighted by Crippen LogP contribution is -2.16. The maximum Gasteiger partial charge on any atom is 0.252 e. The molecule has 1 heterocycles. The summed E-state index contributed by atoms with van der Waals surface area (Å²) in [6, 6.07) is 10.0. The normalized spacial score (nSPS) is 12.3. The molecule has 9 heteroatoms. The standard InChI is InChI=1S/C20H22N2O5S2/c1-5-22-15-11-16(26-2)17(27-3)12-18(15)28-20(22)21-19(23)10-13-6-8-14(9-7-13)29(4,24)25/h6-9,11-12H,5,10H2,1-4H3. The van der Waals surface area contributed by atoms with Crippen LogP contribution in [0.5, 0.6) is 11.5 Å². The summed E-state index contributed by atoms with van der Waals surface area (Å²) in [5.74, 6) is 0.932. The van der Waals surface area contributed by atoms with Crippen LogP contribution in [0.15, 0.2) is 46.3 Å². The molecule has 3 aromatic rings. The Balaban J connectivity index is 1.95. The van der Waals surface area contributed by atoms with Gasteiger partial charge in [0, 0.05) is 24.9 Å². The van der Waals surface area contributed by atoms with Crippen LogP contribution in [0, 0.1) is 0 Å². The third-order valence-electron chi connectivity index (χ3n) is 4.43. The molecule has 0 aliphatic rings. The average molecular weight is 435 g/mol. The average Bonchev–Trinajstić information content (AvgIpc) is 3.01. The van der Waals surface area contributed by atoms with Crippen LogP contribution in [0.3, 0.4) is 0 Å². The Hall–Kier alpha value is -2.65. The van der Waals surface area contributed by atoms with Crippen molar-refractivity contribution in [2.75, 3.05) is 20.5 Å². The minimum Gasteiger partial charge on any atom is -0.493 e. The quantitative estimate of drug-likeness (QED) is 0.595. The van der Waals surface area contributed by atoms with Gasteiger partial charge < -0.3 is 14.0 Å². The van der Waals surface area contributed by atoms with E-state index in [4.69, 9.17) is 9.47 Å². The molecular weight excluding hydrogens is 412 g/mol. The van der Waals surface area contributed by atoms with Crippen molar-refractivity contribution in [3.05, 3.63) is 46.8 Å². The molecule has 2 aromatic carbocycles. The van der Waals surface area contributed by atoms with E-state index >= 15 is 0 Å². The molecule has 0 N–H and O–H groups in total. The van der Waals surface area contributed by atoms with Crippen LogP contribution in [0.1, 0.15) is 12.5 Å². The van der Waals surface area contributed by atoms with Gasteiger partial charge in [-0.1, -0.05) is 23.5 Å². The number of aromatic nitrogens is 1. The van der Waals surface area contributed by atoms with E-state index in [1.807, 2.05) is 23.6 Å². The Labute approximate surface area is 173 Å². The Morgan fingerprint density at radius 2 is 1.72 bits per heavy atom. The summed E-state index contributed by atoms with van der Waals surface area (Å²) >= 11 is 1.40. The third-order valence-corrected chi connectivity index (χ3v) is 6.60. The van der Waals surface area contributed by atoms with Gasteiger partial charge in [0.2, 0.25) is 0 Å². The topological polar surface area (TPSA) is 87.0 Å². The van der Waals surface area contributed by atoms with Gasteiger partial charge in [-0.15, -0.1) is 0 Å². The molecule has 0 fully saturated rings. The largest absolute Gasteiger partial charge is 0.493 e. The molecule has 0 aliphatic heterocycles. The number of aryl methyl sites for hydroxylation is 1. The predicted octanol–water partition coefficient (Wildman–Crippen LogP) is 2.81. The van der Waals surface area contributed by atoms with Crippen molar-refractivity contribution in [2.24, 2.45) is 4.99 Å². The van der Waals surface area contributed by atoms with Crippen LogP contribution in [-0.4, -0.2) is 39.4 Å². The first kappa shape index (κ1) is 21.1. The number of carbonyl (C=O) groups is 1. The molecular formula is C20H22N2O5S2. The summed E-state index contributed by atoms with van der Waals surface area (Å²) in [4.78, 5) is 17.6. The van der Waals surface area contributed by atoms with Crippen molar-refractivity contribution in [3.63, 3.8) is 0 Å². The van der Waals surface area contributed by atoms with Crippen molar-refractivity contribution in [3.8, 4) is 11.5 Å². The zero-order valence-corrected chi connectivity index (χ0v) is 18.3. The van der Waals surface area contributed by atoms with E-state index in [9.17, 15) is 13.2 Å². The number of hydrogen-bond acceptors (Lipinski definition) is 6. The van der Waals surface area contributed by atoms with Gasteiger partial charge in [0.05, 0.1) is 35.8 Å². The van der Waals surface area contributed by atoms with E-state index in [0.717, 1.165) is 16.5 Å². The Morgan fingerprint density at radius 3 is 2.28 bits per heavy atom. The Bertz CT molecular complexity index is 1220. The van der Waals surface area contributed by atoms with Crippen LogP contribution in [0.4, 0.5) is 0 Å². The van der Waals surface area contributed by atoms with E-state index in [0.29, 0.717) is 28.4 Å².